The van der Waals surface area contributed by atoms with Crippen LogP contribution in [0.5, 0.6) is 0 Å². The van der Waals surface area contributed by atoms with Crippen LogP contribution in [0.2, 0.25) is 0 Å². The molecule has 3 aromatic carbocycles. The van der Waals surface area contributed by atoms with Crippen LogP contribution in [0.3, 0.4) is 0 Å². The SMILES string of the molecule is Cc1cc(/C=c2/sc3n(c2=O)C(c2ccc(F)cc2)C2=C(N=3)c3ccccc3CC2)c(C)n1-c1ccc(C(=O)O)cc1. The molecular weight excluding hydrogens is 549 g/mol. The van der Waals surface area contributed by atoms with Gasteiger partial charge in [0, 0.05) is 22.6 Å². The lowest BCUT2D eigenvalue weighted by Crippen LogP contribution is -2.38. The van der Waals surface area contributed by atoms with Gasteiger partial charge in [0.25, 0.3) is 5.56 Å². The Kier molecular flexibility index (Phi) is 6.17. The van der Waals surface area contributed by atoms with E-state index in [0.29, 0.717) is 9.33 Å². The predicted octanol–water partition coefficient (Wildman–Crippen LogP) is 5.56. The van der Waals surface area contributed by atoms with Gasteiger partial charge in [-0.2, -0.15) is 0 Å². The van der Waals surface area contributed by atoms with Crippen LogP contribution in [0, 0.1) is 19.7 Å². The number of thiazole rings is 1. The monoisotopic (exact) mass is 575 g/mol. The summed E-state index contributed by atoms with van der Waals surface area (Å²) in [5.74, 6) is -1.29. The van der Waals surface area contributed by atoms with Crippen molar-refractivity contribution < 1.29 is 14.3 Å². The van der Waals surface area contributed by atoms with Crippen molar-refractivity contribution in [1.82, 2.24) is 9.13 Å². The first-order valence-electron chi connectivity index (χ1n) is 13.7. The Morgan fingerprint density at radius 2 is 1.76 bits per heavy atom. The second kappa shape index (κ2) is 9.92. The number of aryl methyl sites for hydroxylation is 2. The fraction of sp³-hybridized carbons (Fsp3) is 0.147. The van der Waals surface area contributed by atoms with Crippen LogP contribution >= 0.6 is 11.3 Å². The highest BCUT2D eigenvalue weighted by atomic mass is 32.1. The number of carbonyl (C=O) groups is 1. The minimum absolute atomic E-state index is 0.130. The van der Waals surface area contributed by atoms with Gasteiger partial charge in [0.2, 0.25) is 0 Å². The van der Waals surface area contributed by atoms with E-state index in [1.165, 1.54) is 29.0 Å². The molecule has 208 valence electrons. The number of fused-ring (bicyclic) bond motifs is 3. The zero-order chi connectivity index (χ0) is 29.1. The van der Waals surface area contributed by atoms with Gasteiger partial charge in [-0.3, -0.25) is 9.36 Å². The Hall–Kier alpha value is -4.82. The van der Waals surface area contributed by atoms with Crippen LogP contribution in [0.15, 0.2) is 94.2 Å². The van der Waals surface area contributed by atoms with Crippen molar-refractivity contribution in [1.29, 1.82) is 0 Å². The van der Waals surface area contributed by atoms with Crippen molar-refractivity contribution in [2.75, 3.05) is 0 Å². The largest absolute Gasteiger partial charge is 0.478 e. The van der Waals surface area contributed by atoms with E-state index in [1.807, 2.05) is 42.7 Å². The van der Waals surface area contributed by atoms with Crippen molar-refractivity contribution in [3.8, 4) is 5.69 Å². The molecule has 0 spiro atoms. The number of nitrogens with zero attached hydrogens (tertiary/aromatic N) is 3. The second-order valence-electron chi connectivity index (χ2n) is 10.7. The van der Waals surface area contributed by atoms with Gasteiger partial charge >= 0.3 is 5.97 Å². The molecule has 7 rings (SSSR count). The Morgan fingerprint density at radius 1 is 1.02 bits per heavy atom. The van der Waals surface area contributed by atoms with Crippen LogP contribution in [-0.4, -0.2) is 20.2 Å². The summed E-state index contributed by atoms with van der Waals surface area (Å²) in [6.07, 6.45) is 3.53. The number of carboxylic acids is 1. The molecule has 0 saturated heterocycles. The van der Waals surface area contributed by atoms with E-state index < -0.39 is 5.97 Å². The zero-order valence-electron chi connectivity index (χ0n) is 23.0. The van der Waals surface area contributed by atoms with Gasteiger partial charge in [0.1, 0.15) is 5.82 Å². The first kappa shape index (κ1) is 26.1. The third-order valence-corrected chi connectivity index (χ3v) is 9.17. The van der Waals surface area contributed by atoms with Crippen LogP contribution in [0.1, 0.15) is 56.5 Å². The summed E-state index contributed by atoms with van der Waals surface area (Å²) < 4.78 is 18.3. The van der Waals surface area contributed by atoms with Crippen molar-refractivity contribution in [3.63, 3.8) is 0 Å². The molecule has 3 heterocycles. The highest BCUT2D eigenvalue weighted by Gasteiger charge is 2.32. The molecule has 5 aromatic rings. The molecule has 6 nitrogen and oxygen atoms in total. The number of halogens is 1. The molecular formula is C34H26FN3O3S. The first-order valence-corrected chi connectivity index (χ1v) is 14.5. The summed E-state index contributed by atoms with van der Waals surface area (Å²) in [7, 11) is 0. The van der Waals surface area contributed by atoms with Gasteiger partial charge in [0.05, 0.1) is 21.8 Å². The van der Waals surface area contributed by atoms with E-state index in [4.69, 9.17) is 4.99 Å². The number of aromatic carboxylic acids is 1. The topological polar surface area (TPSA) is 76.6 Å². The summed E-state index contributed by atoms with van der Waals surface area (Å²) >= 11 is 1.36. The van der Waals surface area contributed by atoms with E-state index in [1.54, 1.807) is 41.0 Å². The van der Waals surface area contributed by atoms with Gasteiger partial charge in [-0.05, 0) is 97.5 Å². The number of hydrogen-bond acceptors (Lipinski definition) is 4. The lowest BCUT2D eigenvalue weighted by Gasteiger charge is -2.30. The molecule has 1 N–H and O–H groups in total. The quantitative estimate of drug-likeness (QED) is 0.305. The fourth-order valence-electron chi connectivity index (χ4n) is 6.19. The molecule has 0 saturated carbocycles. The van der Waals surface area contributed by atoms with E-state index in [2.05, 4.69) is 12.1 Å². The second-order valence-corrected chi connectivity index (χ2v) is 11.7. The highest BCUT2D eigenvalue weighted by molar-refractivity contribution is 7.07. The van der Waals surface area contributed by atoms with Gasteiger partial charge in [0.15, 0.2) is 4.80 Å². The van der Waals surface area contributed by atoms with Crippen LogP contribution in [0.4, 0.5) is 4.39 Å². The van der Waals surface area contributed by atoms with Crippen molar-refractivity contribution in [3.05, 3.63) is 149 Å². The molecule has 2 aliphatic rings. The number of aromatic nitrogens is 2. The molecule has 1 aliphatic carbocycles. The van der Waals surface area contributed by atoms with Gasteiger partial charge in [-0.1, -0.05) is 47.7 Å². The molecule has 8 heteroatoms. The molecule has 1 aliphatic heterocycles. The average molecular weight is 576 g/mol. The molecule has 0 fully saturated rings. The lowest BCUT2D eigenvalue weighted by atomic mass is 9.83. The lowest BCUT2D eigenvalue weighted by molar-refractivity contribution is 0.0697. The maximum atomic E-state index is 14.1. The minimum Gasteiger partial charge on any atom is -0.478 e. The van der Waals surface area contributed by atoms with Crippen LogP contribution < -0.4 is 14.9 Å². The molecule has 0 radical (unpaired) electrons. The van der Waals surface area contributed by atoms with Crippen molar-refractivity contribution in [2.24, 2.45) is 4.99 Å². The Balaban J connectivity index is 1.40. The first-order chi connectivity index (χ1) is 20.3. The number of hydrogen-bond donors (Lipinski definition) is 1. The van der Waals surface area contributed by atoms with E-state index in [0.717, 1.165) is 57.9 Å². The maximum Gasteiger partial charge on any atom is 0.335 e. The normalized spacial score (nSPS) is 16.1. The van der Waals surface area contributed by atoms with Crippen molar-refractivity contribution >= 4 is 29.1 Å². The summed E-state index contributed by atoms with van der Waals surface area (Å²) in [5, 5.41) is 9.27. The van der Waals surface area contributed by atoms with E-state index >= 15 is 0 Å². The van der Waals surface area contributed by atoms with Crippen LogP contribution in [-0.2, 0) is 6.42 Å². The van der Waals surface area contributed by atoms with Crippen molar-refractivity contribution in [2.45, 2.75) is 32.7 Å². The third-order valence-electron chi connectivity index (χ3n) is 8.19. The van der Waals surface area contributed by atoms with Crippen LogP contribution in [0.25, 0.3) is 17.5 Å². The predicted molar refractivity (Wildman–Crippen MR) is 161 cm³/mol. The number of allylic oxidation sites excluding steroid dienone is 1. The summed E-state index contributed by atoms with van der Waals surface area (Å²) in [4.78, 5) is 31.1. The zero-order valence-corrected chi connectivity index (χ0v) is 23.8. The third kappa shape index (κ3) is 4.18. The number of benzene rings is 3. The summed E-state index contributed by atoms with van der Waals surface area (Å²) in [5.41, 5.74) is 8.89. The molecule has 0 amide bonds. The fourth-order valence-corrected chi connectivity index (χ4v) is 7.18. The van der Waals surface area contributed by atoms with Gasteiger partial charge < -0.3 is 9.67 Å². The molecule has 1 atom stereocenters. The smallest absolute Gasteiger partial charge is 0.335 e. The molecule has 2 aromatic heterocycles. The van der Waals surface area contributed by atoms with Gasteiger partial charge in [-0.25, -0.2) is 14.2 Å². The standard InChI is InChI=1S/C34H26FN3O3S/c1-19-17-24(20(2)37(19)26-14-9-23(10-15-26)33(40)41)18-29-32(39)38-31(22-7-12-25(35)13-8-22)28-16-11-21-5-3-4-6-27(21)30(28)36-34(38)42-29/h3-10,12-15,17-18,31H,11,16H2,1-2H3,(H,40,41)/b29-18+. The van der Waals surface area contributed by atoms with Gasteiger partial charge in [-0.15, -0.1) is 0 Å². The molecule has 1 unspecified atom stereocenters. The number of carboxylic acid groups (broad SMARTS) is 1. The highest BCUT2D eigenvalue weighted by Crippen LogP contribution is 2.41. The molecule has 42 heavy (non-hydrogen) atoms. The Labute approximate surface area is 244 Å². The minimum atomic E-state index is -0.970. The maximum absolute atomic E-state index is 14.1. The Bertz CT molecular complexity index is 2120. The molecule has 0 bridgehead atoms. The number of rotatable bonds is 4. The average Bonchev–Trinajstić information content (AvgIpc) is 3.45. The van der Waals surface area contributed by atoms with E-state index in [-0.39, 0.29) is 23.0 Å². The summed E-state index contributed by atoms with van der Waals surface area (Å²) in [6.45, 7) is 3.97. The summed E-state index contributed by atoms with van der Waals surface area (Å²) in [6, 6.07) is 23.1. The Morgan fingerprint density at radius 3 is 2.50 bits per heavy atom. The van der Waals surface area contributed by atoms with E-state index in [9.17, 15) is 19.1 Å².